The van der Waals surface area contributed by atoms with Crippen molar-refractivity contribution in [1.82, 2.24) is 5.32 Å². The second kappa shape index (κ2) is 6.39. The van der Waals surface area contributed by atoms with Gasteiger partial charge in [0.2, 0.25) is 5.91 Å². The topological polar surface area (TPSA) is 92.7 Å². The van der Waals surface area contributed by atoms with Gasteiger partial charge in [0.15, 0.2) is 0 Å². The molecule has 0 aromatic heterocycles. The van der Waals surface area contributed by atoms with Gasteiger partial charge in [-0.05, 0) is 17.7 Å². The highest BCUT2D eigenvalue weighted by Gasteiger charge is 2.06. The number of hydrogen-bond donors (Lipinski definition) is 2. The van der Waals surface area contributed by atoms with Crippen molar-refractivity contribution in [3.05, 3.63) is 29.8 Å². The second-order valence-electron chi connectivity index (χ2n) is 3.60. The van der Waals surface area contributed by atoms with E-state index in [1.165, 1.54) is 19.1 Å². The number of hydrogen-bond acceptors (Lipinski definition) is 4. The third-order valence-corrected chi connectivity index (χ3v) is 1.99. The van der Waals surface area contributed by atoms with E-state index in [0.717, 1.165) is 0 Å². The van der Waals surface area contributed by atoms with Crippen LogP contribution in [-0.2, 0) is 20.8 Å². The van der Waals surface area contributed by atoms with Crippen LogP contribution in [-0.4, -0.2) is 29.5 Å². The fourth-order valence-electron chi connectivity index (χ4n) is 1.21. The Morgan fingerprint density at radius 2 is 1.83 bits per heavy atom. The number of benzene rings is 1. The predicted octanol–water partition coefficient (Wildman–Crippen LogP) is 0.355. The van der Waals surface area contributed by atoms with E-state index in [4.69, 9.17) is 9.84 Å². The summed E-state index contributed by atoms with van der Waals surface area (Å²) in [5, 5.41) is 10.9. The monoisotopic (exact) mass is 251 g/mol. The molecule has 1 aromatic rings. The molecule has 6 nitrogen and oxygen atoms in total. The number of ether oxygens (including phenoxy) is 1. The van der Waals surface area contributed by atoms with Crippen LogP contribution in [0.25, 0.3) is 0 Å². The fraction of sp³-hybridized carbons (Fsp3) is 0.250. The molecule has 0 saturated carbocycles. The van der Waals surface area contributed by atoms with Gasteiger partial charge in [-0.2, -0.15) is 0 Å². The maximum absolute atomic E-state index is 11.2. The minimum absolute atomic E-state index is 0.0832. The third-order valence-electron chi connectivity index (χ3n) is 1.99. The van der Waals surface area contributed by atoms with Crippen LogP contribution in [0.2, 0.25) is 0 Å². The van der Waals surface area contributed by atoms with Crippen LogP contribution < -0.4 is 10.1 Å². The standard InChI is InChI=1S/C12H13NO5/c1-8(14)13-7-12(17)18-10-4-2-9(3-5-10)6-11(15)16/h2-5H,6-7H2,1H3,(H,13,14)(H,15,16). The summed E-state index contributed by atoms with van der Waals surface area (Å²) in [4.78, 5) is 32.3. The number of carboxylic acids is 1. The van der Waals surface area contributed by atoms with Gasteiger partial charge < -0.3 is 15.2 Å². The normalized spacial score (nSPS) is 9.61. The van der Waals surface area contributed by atoms with E-state index < -0.39 is 11.9 Å². The molecule has 0 heterocycles. The number of carbonyl (C=O) groups excluding carboxylic acids is 2. The molecule has 1 amide bonds. The highest BCUT2D eigenvalue weighted by Crippen LogP contribution is 2.12. The predicted molar refractivity (Wildman–Crippen MR) is 62.1 cm³/mol. The number of amides is 1. The molecular formula is C12H13NO5. The first-order valence-corrected chi connectivity index (χ1v) is 5.23. The summed E-state index contributed by atoms with van der Waals surface area (Å²) in [6, 6.07) is 6.14. The Balaban J connectivity index is 2.50. The molecule has 0 radical (unpaired) electrons. The van der Waals surface area contributed by atoms with Crippen LogP contribution in [0.15, 0.2) is 24.3 Å². The number of esters is 1. The van der Waals surface area contributed by atoms with Crippen molar-refractivity contribution in [3.63, 3.8) is 0 Å². The Morgan fingerprint density at radius 1 is 1.22 bits per heavy atom. The van der Waals surface area contributed by atoms with Gasteiger partial charge in [0.05, 0.1) is 6.42 Å². The van der Waals surface area contributed by atoms with Gasteiger partial charge in [0, 0.05) is 6.92 Å². The molecule has 0 fully saturated rings. The van der Waals surface area contributed by atoms with Crippen LogP contribution in [0.1, 0.15) is 12.5 Å². The molecule has 0 aliphatic carbocycles. The Hall–Kier alpha value is -2.37. The van der Waals surface area contributed by atoms with Crippen molar-refractivity contribution in [2.75, 3.05) is 6.54 Å². The Bertz CT molecular complexity index is 452. The van der Waals surface area contributed by atoms with E-state index in [1.54, 1.807) is 12.1 Å². The molecule has 1 rings (SSSR count). The van der Waals surface area contributed by atoms with Crippen molar-refractivity contribution >= 4 is 17.8 Å². The molecule has 0 saturated heterocycles. The van der Waals surface area contributed by atoms with Crippen molar-refractivity contribution in [1.29, 1.82) is 0 Å². The Labute approximate surface area is 104 Å². The fourth-order valence-corrected chi connectivity index (χ4v) is 1.21. The molecular weight excluding hydrogens is 238 g/mol. The van der Waals surface area contributed by atoms with E-state index in [0.29, 0.717) is 11.3 Å². The third kappa shape index (κ3) is 5.11. The SMILES string of the molecule is CC(=O)NCC(=O)Oc1ccc(CC(=O)O)cc1. The molecule has 0 aliphatic rings. The molecule has 0 atom stereocenters. The largest absolute Gasteiger partial charge is 0.481 e. The zero-order chi connectivity index (χ0) is 13.5. The van der Waals surface area contributed by atoms with Gasteiger partial charge in [-0.3, -0.25) is 9.59 Å². The van der Waals surface area contributed by atoms with Crippen LogP contribution >= 0.6 is 0 Å². The first-order chi connectivity index (χ1) is 8.47. The van der Waals surface area contributed by atoms with E-state index >= 15 is 0 Å². The second-order valence-corrected chi connectivity index (χ2v) is 3.60. The zero-order valence-electron chi connectivity index (χ0n) is 9.80. The molecule has 18 heavy (non-hydrogen) atoms. The molecule has 0 bridgehead atoms. The van der Waals surface area contributed by atoms with Crippen molar-refractivity contribution in [2.24, 2.45) is 0 Å². The maximum Gasteiger partial charge on any atom is 0.330 e. The molecule has 0 aliphatic heterocycles. The van der Waals surface area contributed by atoms with E-state index in [2.05, 4.69) is 5.32 Å². The molecule has 2 N–H and O–H groups in total. The van der Waals surface area contributed by atoms with E-state index in [1.807, 2.05) is 0 Å². The Kier molecular flexibility index (Phi) is 4.86. The van der Waals surface area contributed by atoms with E-state index in [9.17, 15) is 14.4 Å². The minimum Gasteiger partial charge on any atom is -0.481 e. The highest BCUT2D eigenvalue weighted by atomic mass is 16.5. The Morgan fingerprint density at radius 3 is 2.33 bits per heavy atom. The molecule has 0 unspecified atom stereocenters. The lowest BCUT2D eigenvalue weighted by atomic mass is 10.1. The summed E-state index contributed by atoms with van der Waals surface area (Å²) in [6.07, 6.45) is -0.0832. The number of rotatable bonds is 5. The lowest BCUT2D eigenvalue weighted by molar-refractivity contribution is -0.136. The zero-order valence-corrected chi connectivity index (χ0v) is 9.80. The van der Waals surface area contributed by atoms with Crippen LogP contribution in [0.3, 0.4) is 0 Å². The van der Waals surface area contributed by atoms with E-state index in [-0.39, 0.29) is 18.9 Å². The van der Waals surface area contributed by atoms with Gasteiger partial charge in [-0.25, -0.2) is 4.79 Å². The summed E-state index contributed by atoms with van der Waals surface area (Å²) >= 11 is 0. The highest BCUT2D eigenvalue weighted by molar-refractivity contribution is 5.81. The first-order valence-electron chi connectivity index (χ1n) is 5.23. The maximum atomic E-state index is 11.2. The number of nitrogens with one attached hydrogen (secondary N) is 1. The van der Waals surface area contributed by atoms with Crippen molar-refractivity contribution < 1.29 is 24.2 Å². The molecule has 0 spiro atoms. The van der Waals surface area contributed by atoms with Crippen molar-refractivity contribution in [2.45, 2.75) is 13.3 Å². The summed E-state index contributed by atoms with van der Waals surface area (Å²) in [7, 11) is 0. The lowest BCUT2D eigenvalue weighted by Crippen LogP contribution is -2.29. The number of aliphatic carboxylic acids is 1. The summed E-state index contributed by atoms with van der Waals surface area (Å²) in [6.45, 7) is 1.10. The smallest absolute Gasteiger partial charge is 0.330 e. The summed E-state index contributed by atoms with van der Waals surface area (Å²) < 4.78 is 4.92. The van der Waals surface area contributed by atoms with Gasteiger partial charge in [0.1, 0.15) is 12.3 Å². The molecule has 1 aromatic carbocycles. The van der Waals surface area contributed by atoms with Crippen LogP contribution in [0.4, 0.5) is 0 Å². The summed E-state index contributed by atoms with van der Waals surface area (Å²) in [5.74, 6) is -1.52. The average Bonchev–Trinajstić information content (AvgIpc) is 2.28. The van der Waals surface area contributed by atoms with Crippen LogP contribution in [0.5, 0.6) is 5.75 Å². The molecule has 6 heteroatoms. The van der Waals surface area contributed by atoms with Gasteiger partial charge in [0.25, 0.3) is 0 Å². The quantitative estimate of drug-likeness (QED) is 0.582. The minimum atomic E-state index is -0.926. The number of carbonyl (C=O) groups is 3. The van der Waals surface area contributed by atoms with Crippen LogP contribution in [0, 0.1) is 0 Å². The van der Waals surface area contributed by atoms with Gasteiger partial charge in [-0.15, -0.1) is 0 Å². The van der Waals surface area contributed by atoms with Gasteiger partial charge in [-0.1, -0.05) is 12.1 Å². The van der Waals surface area contributed by atoms with Gasteiger partial charge >= 0.3 is 11.9 Å². The average molecular weight is 251 g/mol. The molecule has 96 valence electrons. The number of carboxylic acid groups (broad SMARTS) is 1. The summed E-state index contributed by atoms with van der Waals surface area (Å²) in [5.41, 5.74) is 0.615. The first kappa shape index (κ1) is 13.7. The van der Waals surface area contributed by atoms with Crippen molar-refractivity contribution in [3.8, 4) is 5.75 Å². The lowest BCUT2D eigenvalue weighted by Gasteiger charge is -2.05.